The topological polar surface area (TPSA) is 15.6 Å². The molecule has 2 aromatic rings. The Morgan fingerprint density at radius 3 is 2.52 bits per heavy atom. The first-order valence-electron chi connectivity index (χ1n) is 7.69. The van der Waals surface area contributed by atoms with Gasteiger partial charge in [0.05, 0.1) is 22.1 Å². The highest BCUT2D eigenvalue weighted by molar-refractivity contribution is 6.42. The van der Waals surface area contributed by atoms with Gasteiger partial charge in [-0.15, -0.1) is 0 Å². The summed E-state index contributed by atoms with van der Waals surface area (Å²) in [5, 5.41) is 1.24. The van der Waals surface area contributed by atoms with E-state index in [0.29, 0.717) is 10.0 Å². The van der Waals surface area contributed by atoms with Crippen molar-refractivity contribution < 1.29 is 0 Å². The Labute approximate surface area is 148 Å². The molecule has 0 N–H and O–H groups in total. The maximum absolute atomic E-state index is 6.31. The van der Waals surface area contributed by atoms with Crippen molar-refractivity contribution in [3.8, 4) is 0 Å². The van der Waals surface area contributed by atoms with Crippen LogP contribution in [0, 0.1) is 13.8 Å². The van der Waals surface area contributed by atoms with Crippen molar-refractivity contribution in [1.82, 2.24) is 4.90 Å². The molecular weight excluding hydrogens is 327 g/mol. The molecule has 0 aliphatic heterocycles. The summed E-state index contributed by atoms with van der Waals surface area (Å²) >= 11 is 12.4. The Morgan fingerprint density at radius 1 is 1.09 bits per heavy atom. The molecule has 0 saturated carbocycles. The number of hydrogen-bond acceptors (Lipinski definition) is 1. The van der Waals surface area contributed by atoms with E-state index in [4.69, 9.17) is 23.2 Å². The molecule has 0 unspecified atom stereocenters. The fourth-order valence-electron chi connectivity index (χ4n) is 2.32. The monoisotopic (exact) mass is 348 g/mol. The van der Waals surface area contributed by atoms with Crippen molar-refractivity contribution in [3.05, 3.63) is 62.6 Å². The third kappa shape index (κ3) is 4.49. The van der Waals surface area contributed by atoms with Crippen molar-refractivity contribution in [1.29, 1.82) is 0 Å². The van der Waals surface area contributed by atoms with Gasteiger partial charge in [0.25, 0.3) is 0 Å². The normalized spacial score (nSPS) is 11.2. The van der Waals surface area contributed by atoms with Crippen LogP contribution in [0.25, 0.3) is 0 Å². The van der Waals surface area contributed by atoms with Gasteiger partial charge in [-0.05, 0) is 61.6 Å². The summed E-state index contributed by atoms with van der Waals surface area (Å²) < 4.78 is 0. The molecule has 0 aliphatic carbocycles. The van der Waals surface area contributed by atoms with Gasteiger partial charge in [-0.3, -0.25) is 0 Å². The maximum atomic E-state index is 6.31. The van der Waals surface area contributed by atoms with E-state index in [1.165, 1.54) is 11.1 Å². The quantitative estimate of drug-likeness (QED) is 0.491. The van der Waals surface area contributed by atoms with Crippen LogP contribution in [0.5, 0.6) is 0 Å². The number of rotatable bonds is 5. The molecule has 122 valence electrons. The average Bonchev–Trinajstić information content (AvgIpc) is 2.53. The van der Waals surface area contributed by atoms with Crippen LogP contribution in [0.3, 0.4) is 0 Å². The number of aryl methyl sites for hydroxylation is 2. The molecule has 0 bridgehead atoms. The summed E-state index contributed by atoms with van der Waals surface area (Å²) in [7, 11) is 2.02. The Bertz CT molecular complexity index is 724. The zero-order chi connectivity index (χ0) is 17.0. The van der Waals surface area contributed by atoms with Crippen LogP contribution in [0.15, 0.2) is 35.3 Å². The second kappa shape index (κ2) is 7.85. The van der Waals surface area contributed by atoms with Crippen molar-refractivity contribution >= 4 is 35.2 Å². The lowest BCUT2D eigenvalue weighted by atomic mass is 9.97. The number of aliphatic imine (C=N–C) groups is 1. The molecule has 4 heteroatoms. The van der Waals surface area contributed by atoms with Gasteiger partial charge >= 0.3 is 0 Å². The van der Waals surface area contributed by atoms with Crippen LogP contribution >= 0.6 is 23.2 Å². The van der Waals surface area contributed by atoms with Crippen LogP contribution in [0.2, 0.25) is 10.0 Å². The molecule has 23 heavy (non-hydrogen) atoms. The lowest BCUT2D eigenvalue weighted by Gasteiger charge is -2.13. The van der Waals surface area contributed by atoms with Gasteiger partial charge in [-0.2, -0.15) is 0 Å². The minimum Gasteiger partial charge on any atom is -0.366 e. The smallest absolute Gasteiger partial charge is 0.0909 e. The fourth-order valence-corrected chi connectivity index (χ4v) is 2.71. The second-order valence-corrected chi connectivity index (χ2v) is 6.56. The minimum atomic E-state index is 0.599. The van der Waals surface area contributed by atoms with Gasteiger partial charge in [0.2, 0.25) is 0 Å². The van der Waals surface area contributed by atoms with E-state index >= 15 is 0 Å². The zero-order valence-electron chi connectivity index (χ0n) is 14.0. The van der Waals surface area contributed by atoms with E-state index in [2.05, 4.69) is 42.8 Å². The zero-order valence-corrected chi connectivity index (χ0v) is 15.5. The molecule has 0 radical (unpaired) electrons. The number of benzene rings is 2. The minimum absolute atomic E-state index is 0.599. The average molecular weight is 349 g/mol. The number of hydrogen-bond donors (Lipinski definition) is 0. The molecule has 0 aliphatic rings. The van der Waals surface area contributed by atoms with E-state index in [-0.39, 0.29) is 0 Å². The highest BCUT2D eigenvalue weighted by Crippen LogP contribution is 2.30. The van der Waals surface area contributed by atoms with Gasteiger partial charge in [0.15, 0.2) is 0 Å². The third-order valence-corrected chi connectivity index (χ3v) is 4.82. The van der Waals surface area contributed by atoms with Gasteiger partial charge in [0.1, 0.15) is 0 Å². The van der Waals surface area contributed by atoms with Gasteiger partial charge < -0.3 is 4.90 Å². The van der Waals surface area contributed by atoms with Crippen LogP contribution in [0.1, 0.15) is 29.2 Å². The molecule has 0 amide bonds. The van der Waals surface area contributed by atoms with Crippen LogP contribution in [-0.2, 0) is 6.42 Å². The Morgan fingerprint density at radius 2 is 1.83 bits per heavy atom. The molecule has 0 fully saturated rings. The molecule has 2 rings (SSSR count). The molecule has 0 atom stereocenters. The lowest BCUT2D eigenvalue weighted by molar-refractivity contribution is 0.552. The summed E-state index contributed by atoms with van der Waals surface area (Å²) in [4.78, 5) is 6.62. The van der Waals surface area contributed by atoms with E-state index in [1.807, 2.05) is 31.6 Å². The molecule has 0 aromatic heterocycles. The molecule has 0 heterocycles. The van der Waals surface area contributed by atoms with E-state index < -0.39 is 0 Å². The molecule has 2 aromatic carbocycles. The molecule has 2 nitrogen and oxygen atoms in total. The fraction of sp³-hybridized carbons (Fsp3) is 0.316. The highest BCUT2D eigenvalue weighted by Gasteiger charge is 2.09. The highest BCUT2D eigenvalue weighted by atomic mass is 35.5. The third-order valence-electron chi connectivity index (χ3n) is 3.96. The van der Waals surface area contributed by atoms with Crippen molar-refractivity contribution in [2.45, 2.75) is 27.2 Å². The lowest BCUT2D eigenvalue weighted by Crippen LogP contribution is -2.14. The predicted octanol–water partition coefficient (Wildman–Crippen LogP) is 5.81. The summed E-state index contributed by atoms with van der Waals surface area (Å²) in [6, 6.07) is 10.1. The Balaban J connectivity index is 2.30. The van der Waals surface area contributed by atoms with Crippen LogP contribution < -0.4 is 0 Å². The maximum Gasteiger partial charge on any atom is 0.0909 e. The van der Waals surface area contributed by atoms with Crippen molar-refractivity contribution in [2.75, 3.05) is 13.6 Å². The van der Waals surface area contributed by atoms with Crippen molar-refractivity contribution in [3.63, 3.8) is 0 Å². The van der Waals surface area contributed by atoms with Gasteiger partial charge in [-0.1, -0.05) is 41.4 Å². The molecule has 0 saturated heterocycles. The SMILES string of the molecule is CCN(C)C=Nc1cc(C)c(Cc2cccc(Cl)c2Cl)cc1C. The first kappa shape index (κ1) is 17.8. The summed E-state index contributed by atoms with van der Waals surface area (Å²) in [5.74, 6) is 0. The first-order valence-corrected chi connectivity index (χ1v) is 8.45. The summed E-state index contributed by atoms with van der Waals surface area (Å²) in [6.07, 6.45) is 2.64. The number of nitrogens with zero attached hydrogens (tertiary/aromatic N) is 2. The molecular formula is C19H22Cl2N2. The van der Waals surface area contributed by atoms with E-state index in [9.17, 15) is 0 Å². The van der Waals surface area contributed by atoms with E-state index in [0.717, 1.165) is 29.8 Å². The van der Waals surface area contributed by atoms with Crippen LogP contribution in [-0.4, -0.2) is 24.8 Å². The second-order valence-electron chi connectivity index (χ2n) is 5.77. The summed E-state index contributed by atoms with van der Waals surface area (Å²) in [5.41, 5.74) is 5.66. The van der Waals surface area contributed by atoms with E-state index in [1.54, 1.807) is 0 Å². The number of halogens is 2. The summed E-state index contributed by atoms with van der Waals surface area (Å²) in [6.45, 7) is 7.23. The standard InChI is InChI=1S/C19H22Cl2N2/c1-5-23(4)12-22-18-10-13(2)16(9-14(18)3)11-15-7-6-8-17(20)19(15)21/h6-10,12H,5,11H2,1-4H3. The van der Waals surface area contributed by atoms with Crippen molar-refractivity contribution in [2.24, 2.45) is 4.99 Å². The van der Waals surface area contributed by atoms with Gasteiger partial charge in [0, 0.05) is 13.6 Å². The van der Waals surface area contributed by atoms with Gasteiger partial charge in [-0.25, -0.2) is 4.99 Å². The Kier molecular flexibility index (Phi) is 6.09. The predicted molar refractivity (Wildman–Crippen MR) is 102 cm³/mol. The first-order chi connectivity index (χ1) is 10.9. The Hall–Kier alpha value is -1.51. The van der Waals surface area contributed by atoms with Crippen LogP contribution in [0.4, 0.5) is 5.69 Å². The molecule has 0 spiro atoms. The largest absolute Gasteiger partial charge is 0.366 e.